The van der Waals surface area contributed by atoms with E-state index in [1.165, 1.54) is 22.8 Å². The third-order valence-electron chi connectivity index (χ3n) is 8.91. The van der Waals surface area contributed by atoms with E-state index in [4.69, 9.17) is 22.2 Å². The van der Waals surface area contributed by atoms with Gasteiger partial charge in [0.2, 0.25) is 0 Å². The van der Waals surface area contributed by atoms with Gasteiger partial charge in [0.05, 0.1) is 61.9 Å². The van der Waals surface area contributed by atoms with Crippen molar-refractivity contribution in [3.63, 3.8) is 0 Å². The van der Waals surface area contributed by atoms with Gasteiger partial charge in [-0.3, -0.25) is 0 Å². The molecule has 3 aromatic heterocycles. The van der Waals surface area contributed by atoms with Crippen molar-refractivity contribution in [3.8, 4) is 33.6 Å². The lowest BCUT2D eigenvalue weighted by molar-refractivity contribution is 0.669. The second kappa shape index (κ2) is 10.8. The largest absolute Gasteiger partial charge is 0.456 e. The van der Waals surface area contributed by atoms with Gasteiger partial charge in [-0.05, 0) is 88.8 Å². The van der Waals surface area contributed by atoms with Crippen LogP contribution in [0.4, 0.5) is 0 Å². The molecule has 0 saturated heterocycles. The lowest BCUT2D eigenvalue weighted by Gasteiger charge is -2.11. The van der Waals surface area contributed by atoms with Gasteiger partial charge < -0.3 is 13.6 Å². The van der Waals surface area contributed by atoms with Crippen LogP contribution < -0.4 is 0 Å². The summed E-state index contributed by atoms with van der Waals surface area (Å²) >= 11 is 0. The van der Waals surface area contributed by atoms with Crippen LogP contribution in [0.2, 0.25) is 0 Å². The smallest absolute Gasteiger partial charge is 0.137 e. The first-order chi connectivity index (χ1) is 34.1. The summed E-state index contributed by atoms with van der Waals surface area (Å²) in [4.78, 5) is 0. The number of furan rings is 1. The SMILES string of the molecule is [2H]c1cccc(-c2c([2H])c([2H])c([2H])c3oc4c([2H])c([2H])c([2H])c(-n5c6cc([2H])c([2H])c([2H])c6c6c([2H])c(-c7c([2H])c([2H])c8c(c7[2H])c7c([2H])c([2H])c([2H])c([2H])c7n8-c7ccccc7)c([2H])c([2H])c65)c4c23)c1[2H]. The van der Waals surface area contributed by atoms with E-state index in [1.54, 1.807) is 30.3 Å². The molecule has 238 valence electrons. The third-order valence-corrected chi connectivity index (χ3v) is 8.91. The Hall–Kier alpha value is -6.84. The Labute approximate surface area is 323 Å². The van der Waals surface area contributed by atoms with Crippen LogP contribution in [0.5, 0.6) is 0 Å². The quantitative estimate of drug-likeness (QED) is 0.183. The van der Waals surface area contributed by atoms with Gasteiger partial charge in [0.15, 0.2) is 0 Å². The van der Waals surface area contributed by atoms with Gasteiger partial charge in [-0.2, -0.15) is 0 Å². The molecule has 0 atom stereocenters. The molecule has 0 N–H and O–H groups in total. The Morgan fingerprint density at radius 2 is 1.08 bits per heavy atom. The summed E-state index contributed by atoms with van der Waals surface area (Å²) in [5.41, 5.74) is -3.37. The molecule has 0 aliphatic carbocycles. The summed E-state index contributed by atoms with van der Waals surface area (Å²) in [7, 11) is 0. The molecular formula is C48H30N2O. The fourth-order valence-corrected chi connectivity index (χ4v) is 6.77. The van der Waals surface area contributed by atoms with Crippen LogP contribution in [-0.2, 0) is 0 Å². The van der Waals surface area contributed by atoms with Gasteiger partial charge >= 0.3 is 0 Å². The first kappa shape index (κ1) is 14.6. The molecule has 0 aliphatic heterocycles. The highest BCUT2D eigenvalue weighted by Gasteiger charge is 2.20. The number of hydrogen-bond donors (Lipinski definition) is 0. The molecular weight excluding hydrogens is 621 g/mol. The standard InChI is InChI=1S/C48H30N2O/c1-3-13-31(14-4-1)35-19-11-23-45-47(35)48-44(22-12-24-46(48)51-45)50-41-21-10-8-18-37(41)39-30-33(26-28-43(39)50)32-25-27-42-38(29-32)36-17-7-9-20-40(36)49(42)34-15-5-2-6-16-34/h1-30H/i3D,7D,8D,9D,10D,11D,12D,13D,17D,18D,19D,20D,22D,23D,24D,25D,26D,27D,28D,29D,30D. The normalized spacial score (nSPS) is 17.7. The minimum atomic E-state index is -0.842. The van der Waals surface area contributed by atoms with Crippen molar-refractivity contribution in [2.75, 3.05) is 0 Å². The maximum absolute atomic E-state index is 9.97. The van der Waals surface area contributed by atoms with Gasteiger partial charge in [-0.15, -0.1) is 0 Å². The van der Waals surface area contributed by atoms with Gasteiger partial charge in [-0.1, -0.05) is 115 Å². The van der Waals surface area contributed by atoms with Crippen molar-refractivity contribution in [3.05, 3.63) is 181 Å². The molecule has 0 radical (unpaired) electrons. The molecule has 0 fully saturated rings. The number of fused-ring (bicyclic) bond motifs is 9. The minimum Gasteiger partial charge on any atom is -0.456 e. The van der Waals surface area contributed by atoms with E-state index in [0.29, 0.717) is 5.69 Å². The Balaban J connectivity index is 1.36. The molecule has 0 bridgehead atoms. The van der Waals surface area contributed by atoms with Crippen LogP contribution in [0.3, 0.4) is 0 Å². The average molecular weight is 672 g/mol. The van der Waals surface area contributed by atoms with E-state index < -0.39 is 154 Å². The number of rotatable bonds is 4. The second-order valence-corrected chi connectivity index (χ2v) is 11.7. The zero-order chi connectivity index (χ0) is 51.7. The van der Waals surface area contributed by atoms with Crippen LogP contribution in [0.1, 0.15) is 28.8 Å². The second-order valence-electron chi connectivity index (χ2n) is 11.7. The molecule has 0 unspecified atom stereocenters. The zero-order valence-electron chi connectivity index (χ0n) is 47.0. The molecule has 3 nitrogen and oxygen atoms in total. The predicted octanol–water partition coefficient (Wildman–Crippen LogP) is 13.1. The molecule has 0 aliphatic rings. The highest BCUT2D eigenvalue weighted by Crippen LogP contribution is 2.43. The van der Waals surface area contributed by atoms with Crippen LogP contribution in [0, 0.1) is 0 Å². The van der Waals surface area contributed by atoms with E-state index in [0.717, 1.165) is 10.6 Å². The van der Waals surface area contributed by atoms with E-state index in [1.807, 2.05) is 0 Å². The highest BCUT2D eigenvalue weighted by atomic mass is 16.3. The molecule has 11 aromatic rings. The van der Waals surface area contributed by atoms with Crippen LogP contribution in [0.25, 0.3) is 99.2 Å². The number of nitrogens with zero attached hydrogens (tertiary/aromatic N) is 2. The topological polar surface area (TPSA) is 23.0 Å². The summed E-state index contributed by atoms with van der Waals surface area (Å²) in [5, 5.41) is -1.60. The molecule has 3 heteroatoms. The van der Waals surface area contributed by atoms with Gasteiger partial charge in [0.25, 0.3) is 0 Å². The summed E-state index contributed by atoms with van der Waals surface area (Å²) in [6, 6.07) is 0.0620. The summed E-state index contributed by atoms with van der Waals surface area (Å²) in [6.45, 7) is 0. The molecule has 3 heterocycles. The molecule has 51 heavy (non-hydrogen) atoms. The van der Waals surface area contributed by atoms with E-state index >= 15 is 0 Å². The van der Waals surface area contributed by atoms with E-state index in [9.17, 15) is 11.0 Å². The number of para-hydroxylation sites is 3. The van der Waals surface area contributed by atoms with Gasteiger partial charge in [0, 0.05) is 32.6 Å². The van der Waals surface area contributed by atoms with Crippen LogP contribution >= 0.6 is 0 Å². The Morgan fingerprint density at radius 3 is 1.90 bits per heavy atom. The van der Waals surface area contributed by atoms with Crippen molar-refractivity contribution < 1.29 is 33.2 Å². The molecule has 0 saturated carbocycles. The maximum Gasteiger partial charge on any atom is 0.137 e. The van der Waals surface area contributed by atoms with Crippen molar-refractivity contribution in [2.24, 2.45) is 0 Å². The Bertz CT molecular complexity index is 4350. The first-order valence-electron chi connectivity index (χ1n) is 26.2. The maximum atomic E-state index is 9.97. The lowest BCUT2D eigenvalue weighted by atomic mass is 9.98. The third kappa shape index (κ3) is 4.12. The predicted molar refractivity (Wildman–Crippen MR) is 213 cm³/mol. The number of aromatic nitrogens is 2. The minimum absolute atomic E-state index is 0.0751. The van der Waals surface area contributed by atoms with Crippen molar-refractivity contribution in [1.82, 2.24) is 9.13 Å². The Morgan fingerprint density at radius 1 is 0.412 bits per heavy atom. The van der Waals surface area contributed by atoms with E-state index in [2.05, 4.69) is 0 Å². The fourth-order valence-electron chi connectivity index (χ4n) is 6.77. The molecule has 0 spiro atoms. The summed E-state index contributed by atoms with van der Waals surface area (Å²) < 4.78 is 200. The highest BCUT2D eigenvalue weighted by molar-refractivity contribution is 6.18. The van der Waals surface area contributed by atoms with Crippen molar-refractivity contribution >= 4 is 65.6 Å². The van der Waals surface area contributed by atoms with Gasteiger partial charge in [-0.25, -0.2) is 0 Å². The first-order valence-corrected chi connectivity index (χ1v) is 15.7. The van der Waals surface area contributed by atoms with Gasteiger partial charge in [0.1, 0.15) is 11.2 Å². The lowest BCUT2D eigenvalue weighted by Crippen LogP contribution is -1.95. The van der Waals surface area contributed by atoms with E-state index in [-0.39, 0.29) is 66.0 Å². The van der Waals surface area contributed by atoms with Crippen molar-refractivity contribution in [1.29, 1.82) is 0 Å². The van der Waals surface area contributed by atoms with Crippen LogP contribution in [0.15, 0.2) is 186 Å². The molecule has 11 rings (SSSR count). The Kier molecular flexibility index (Phi) is 3.09. The zero-order valence-corrected chi connectivity index (χ0v) is 26.0. The molecule has 8 aromatic carbocycles. The number of benzene rings is 8. The number of hydrogen-bond acceptors (Lipinski definition) is 1. The summed E-state index contributed by atoms with van der Waals surface area (Å²) in [6.07, 6.45) is 0. The monoisotopic (exact) mass is 671 g/mol. The van der Waals surface area contributed by atoms with Crippen LogP contribution in [-0.4, -0.2) is 9.13 Å². The fraction of sp³-hybridized carbons (Fsp3) is 0. The summed E-state index contributed by atoms with van der Waals surface area (Å²) in [5.74, 6) is 0. The van der Waals surface area contributed by atoms with Crippen molar-refractivity contribution in [2.45, 2.75) is 0 Å². The average Bonchev–Trinajstić information content (AvgIpc) is 4.04. The molecule has 0 amide bonds.